The van der Waals surface area contributed by atoms with E-state index in [0.29, 0.717) is 16.5 Å². The monoisotopic (exact) mass is 440 g/mol. The van der Waals surface area contributed by atoms with Gasteiger partial charge in [-0.2, -0.15) is 9.61 Å². The fraction of sp³-hybridized carbons (Fsp3) is 0.0556. The van der Waals surface area contributed by atoms with E-state index in [1.54, 1.807) is 16.9 Å². The summed E-state index contributed by atoms with van der Waals surface area (Å²) in [4.78, 5) is 16.2. The average molecular weight is 441 g/mol. The lowest BCUT2D eigenvalue weighted by molar-refractivity contribution is -0.113. The summed E-state index contributed by atoms with van der Waals surface area (Å²) < 4.78 is 2.64. The number of benzene rings is 1. The molecule has 0 fully saturated rings. The number of carbonyl (C=O) groups is 1. The number of thioether (sulfide) groups is 1. The van der Waals surface area contributed by atoms with Gasteiger partial charge in [-0.15, -0.1) is 10.2 Å². The second-order valence-corrected chi connectivity index (χ2v) is 7.46. The molecule has 1 N–H and O–H groups in total. The minimum atomic E-state index is -0.0951. The van der Waals surface area contributed by atoms with Crippen LogP contribution in [0.15, 0.2) is 70.4 Å². The highest BCUT2D eigenvalue weighted by Crippen LogP contribution is 2.21. The Morgan fingerprint density at radius 3 is 2.59 bits per heavy atom. The van der Waals surface area contributed by atoms with Crippen LogP contribution in [0.1, 0.15) is 0 Å². The molecule has 0 saturated carbocycles. The largest absolute Gasteiger partial charge is 0.325 e. The first kappa shape index (κ1) is 17.6. The predicted molar refractivity (Wildman–Crippen MR) is 108 cm³/mol. The molecule has 1 amide bonds. The molecule has 7 nitrogen and oxygen atoms in total. The Morgan fingerprint density at radius 2 is 1.81 bits per heavy atom. The molecule has 9 heteroatoms. The summed E-state index contributed by atoms with van der Waals surface area (Å²) in [7, 11) is 0. The number of hydrogen-bond acceptors (Lipinski definition) is 6. The maximum atomic E-state index is 12.2. The Labute approximate surface area is 167 Å². The quantitative estimate of drug-likeness (QED) is 0.476. The molecule has 27 heavy (non-hydrogen) atoms. The molecule has 0 unspecified atom stereocenters. The molecule has 4 aromatic rings. The Balaban J connectivity index is 1.47. The zero-order chi connectivity index (χ0) is 18.6. The summed E-state index contributed by atoms with van der Waals surface area (Å²) in [6, 6.07) is 14.8. The zero-order valence-electron chi connectivity index (χ0n) is 13.9. The maximum Gasteiger partial charge on any atom is 0.234 e. The van der Waals surface area contributed by atoms with Crippen molar-refractivity contribution in [1.29, 1.82) is 0 Å². The van der Waals surface area contributed by atoms with Crippen molar-refractivity contribution in [2.24, 2.45) is 0 Å². The molecule has 0 atom stereocenters. The van der Waals surface area contributed by atoms with Gasteiger partial charge in [0, 0.05) is 28.1 Å². The van der Waals surface area contributed by atoms with E-state index < -0.39 is 0 Å². The minimum absolute atomic E-state index is 0.0951. The van der Waals surface area contributed by atoms with Gasteiger partial charge in [-0.1, -0.05) is 27.7 Å². The molecule has 0 aliphatic heterocycles. The zero-order valence-corrected chi connectivity index (χ0v) is 16.3. The Kier molecular flexibility index (Phi) is 5.12. The van der Waals surface area contributed by atoms with E-state index in [1.807, 2.05) is 48.5 Å². The topological polar surface area (TPSA) is 85.1 Å². The number of amides is 1. The number of pyridine rings is 1. The van der Waals surface area contributed by atoms with Crippen molar-refractivity contribution < 1.29 is 4.79 Å². The molecule has 0 radical (unpaired) electrons. The minimum Gasteiger partial charge on any atom is -0.325 e. The van der Waals surface area contributed by atoms with E-state index >= 15 is 0 Å². The molecule has 3 heterocycles. The number of fused-ring (bicyclic) bond motifs is 1. The van der Waals surface area contributed by atoms with E-state index in [9.17, 15) is 4.79 Å². The lowest BCUT2D eigenvalue weighted by Crippen LogP contribution is -2.14. The molecule has 1 aromatic carbocycles. The summed E-state index contributed by atoms with van der Waals surface area (Å²) in [5.41, 5.74) is 2.27. The fourth-order valence-corrected chi connectivity index (χ4v) is 3.32. The SMILES string of the molecule is O=C(CSc1ccc2nnc(-c3ccncc3)n2n1)Nc1ccc(Br)cc1. The molecule has 0 aliphatic rings. The van der Waals surface area contributed by atoms with Crippen molar-refractivity contribution in [1.82, 2.24) is 24.8 Å². The van der Waals surface area contributed by atoms with Gasteiger partial charge < -0.3 is 5.32 Å². The molecule has 134 valence electrons. The lowest BCUT2D eigenvalue weighted by Gasteiger charge is -2.05. The second-order valence-electron chi connectivity index (χ2n) is 5.54. The third-order valence-corrected chi connectivity index (χ3v) is 5.10. The highest BCUT2D eigenvalue weighted by molar-refractivity contribution is 9.10. The molecule has 4 rings (SSSR count). The number of carbonyl (C=O) groups excluding carboxylic acids is 1. The molecule has 0 saturated heterocycles. The van der Waals surface area contributed by atoms with Gasteiger partial charge in [0.2, 0.25) is 5.91 Å². The smallest absolute Gasteiger partial charge is 0.234 e. The highest BCUT2D eigenvalue weighted by Gasteiger charge is 2.11. The van der Waals surface area contributed by atoms with Crippen LogP contribution in [0.25, 0.3) is 17.0 Å². The van der Waals surface area contributed by atoms with Crippen LogP contribution in [0.4, 0.5) is 5.69 Å². The van der Waals surface area contributed by atoms with Crippen LogP contribution in [-0.4, -0.2) is 36.5 Å². The molecule has 3 aromatic heterocycles. The molecule has 0 bridgehead atoms. The third kappa shape index (κ3) is 4.15. The Morgan fingerprint density at radius 1 is 1.04 bits per heavy atom. The number of rotatable bonds is 5. The number of nitrogens with zero attached hydrogens (tertiary/aromatic N) is 5. The van der Waals surface area contributed by atoms with Crippen molar-refractivity contribution in [3.63, 3.8) is 0 Å². The molecular formula is C18H13BrN6OS. The lowest BCUT2D eigenvalue weighted by atomic mass is 10.2. The number of anilines is 1. The summed E-state index contributed by atoms with van der Waals surface area (Å²) in [6.07, 6.45) is 3.39. The number of hydrogen-bond donors (Lipinski definition) is 1. The van der Waals surface area contributed by atoms with Crippen molar-refractivity contribution >= 4 is 44.9 Å². The molecule has 0 aliphatic carbocycles. The number of aromatic nitrogens is 5. The summed E-state index contributed by atoms with van der Waals surface area (Å²) in [5, 5.41) is 16.5. The van der Waals surface area contributed by atoms with Crippen LogP contribution in [0.2, 0.25) is 0 Å². The summed E-state index contributed by atoms with van der Waals surface area (Å²) in [5.74, 6) is 0.790. The van der Waals surface area contributed by atoms with Gasteiger partial charge in [0.1, 0.15) is 5.03 Å². The van der Waals surface area contributed by atoms with Crippen LogP contribution in [0, 0.1) is 0 Å². The van der Waals surface area contributed by atoms with Crippen LogP contribution in [-0.2, 0) is 4.79 Å². The average Bonchev–Trinajstić information content (AvgIpc) is 3.12. The second kappa shape index (κ2) is 7.85. The standard InChI is InChI=1S/C18H13BrN6OS/c19-13-1-3-14(4-2-13)21-16(26)11-27-17-6-5-15-22-23-18(25(15)24-17)12-7-9-20-10-8-12/h1-10H,11H2,(H,21,26). The van der Waals surface area contributed by atoms with Gasteiger partial charge in [0.15, 0.2) is 11.5 Å². The summed E-state index contributed by atoms with van der Waals surface area (Å²) >= 11 is 4.72. The van der Waals surface area contributed by atoms with Gasteiger partial charge in [0.05, 0.1) is 5.75 Å². The first-order valence-corrected chi connectivity index (χ1v) is 9.78. The molecule has 0 spiro atoms. The fourth-order valence-electron chi connectivity index (χ4n) is 2.40. The van der Waals surface area contributed by atoms with E-state index in [-0.39, 0.29) is 11.7 Å². The highest BCUT2D eigenvalue weighted by atomic mass is 79.9. The summed E-state index contributed by atoms with van der Waals surface area (Å²) in [6.45, 7) is 0. The molecular weight excluding hydrogens is 428 g/mol. The van der Waals surface area contributed by atoms with Crippen molar-refractivity contribution in [3.05, 3.63) is 65.4 Å². The van der Waals surface area contributed by atoms with E-state index in [4.69, 9.17) is 0 Å². The van der Waals surface area contributed by atoms with Gasteiger partial charge >= 0.3 is 0 Å². The van der Waals surface area contributed by atoms with Crippen LogP contribution in [0.3, 0.4) is 0 Å². The van der Waals surface area contributed by atoms with Crippen LogP contribution >= 0.6 is 27.7 Å². The Bertz CT molecular complexity index is 1080. The van der Waals surface area contributed by atoms with Gasteiger partial charge in [-0.25, -0.2) is 0 Å². The van der Waals surface area contributed by atoms with E-state index in [1.165, 1.54) is 11.8 Å². The number of halogens is 1. The van der Waals surface area contributed by atoms with E-state index in [2.05, 4.69) is 41.5 Å². The van der Waals surface area contributed by atoms with Gasteiger partial charge in [0.25, 0.3) is 0 Å². The van der Waals surface area contributed by atoms with E-state index in [0.717, 1.165) is 15.7 Å². The predicted octanol–water partition coefficient (Wildman–Crippen LogP) is 3.68. The van der Waals surface area contributed by atoms with Crippen molar-refractivity contribution in [2.45, 2.75) is 5.03 Å². The van der Waals surface area contributed by atoms with Crippen LogP contribution < -0.4 is 5.32 Å². The van der Waals surface area contributed by atoms with Gasteiger partial charge in [-0.3, -0.25) is 9.78 Å². The third-order valence-electron chi connectivity index (χ3n) is 3.66. The van der Waals surface area contributed by atoms with Crippen molar-refractivity contribution in [2.75, 3.05) is 11.1 Å². The maximum absolute atomic E-state index is 12.2. The van der Waals surface area contributed by atoms with Crippen LogP contribution in [0.5, 0.6) is 0 Å². The Hall–Kier alpha value is -2.78. The first-order chi connectivity index (χ1) is 13.2. The van der Waals surface area contributed by atoms with Crippen molar-refractivity contribution in [3.8, 4) is 11.4 Å². The normalized spacial score (nSPS) is 10.9. The number of nitrogens with one attached hydrogen (secondary N) is 1. The first-order valence-electron chi connectivity index (χ1n) is 8.00. The van der Waals surface area contributed by atoms with Gasteiger partial charge in [-0.05, 0) is 48.5 Å².